The lowest BCUT2D eigenvalue weighted by molar-refractivity contribution is 0.273. The van der Waals surface area contributed by atoms with E-state index in [4.69, 9.17) is 9.47 Å². The van der Waals surface area contributed by atoms with Crippen LogP contribution in [0.25, 0.3) is 11.2 Å². The Morgan fingerprint density at radius 2 is 1.86 bits per heavy atom. The molecular formula is C20H24N4O4S. The van der Waals surface area contributed by atoms with E-state index in [1.807, 2.05) is 19.1 Å². The minimum atomic E-state index is -3.69. The van der Waals surface area contributed by atoms with Gasteiger partial charge in [0.05, 0.1) is 14.2 Å². The highest BCUT2D eigenvalue weighted by Gasteiger charge is 2.33. The van der Waals surface area contributed by atoms with Crippen LogP contribution in [-0.2, 0) is 10.0 Å². The Kier molecular flexibility index (Phi) is 5.18. The molecule has 1 aliphatic rings. The lowest BCUT2D eigenvalue weighted by atomic mass is 10.1. The van der Waals surface area contributed by atoms with Crippen molar-refractivity contribution < 1.29 is 17.9 Å². The summed E-state index contributed by atoms with van der Waals surface area (Å²) in [6.45, 7) is 2.80. The van der Waals surface area contributed by atoms with Crippen LogP contribution in [-0.4, -0.2) is 54.6 Å². The number of fused-ring (bicyclic) bond motifs is 1. The van der Waals surface area contributed by atoms with Crippen LogP contribution in [0, 0.1) is 6.92 Å². The highest BCUT2D eigenvalue weighted by atomic mass is 32.2. The molecule has 3 heterocycles. The van der Waals surface area contributed by atoms with Crippen molar-refractivity contribution >= 4 is 21.2 Å². The van der Waals surface area contributed by atoms with Crippen molar-refractivity contribution in [1.29, 1.82) is 0 Å². The Morgan fingerprint density at radius 3 is 2.55 bits per heavy atom. The number of ether oxygens (including phenoxy) is 2. The Morgan fingerprint density at radius 1 is 1.10 bits per heavy atom. The van der Waals surface area contributed by atoms with Crippen molar-refractivity contribution in [1.82, 2.24) is 18.8 Å². The van der Waals surface area contributed by atoms with Crippen LogP contribution in [0.3, 0.4) is 0 Å². The molecule has 4 rings (SSSR count). The van der Waals surface area contributed by atoms with Crippen molar-refractivity contribution in [2.75, 3.05) is 27.3 Å². The summed E-state index contributed by atoms with van der Waals surface area (Å²) in [6.07, 6.45) is 3.14. The van der Waals surface area contributed by atoms with Gasteiger partial charge < -0.3 is 14.0 Å². The van der Waals surface area contributed by atoms with Crippen LogP contribution in [0.1, 0.15) is 24.7 Å². The zero-order chi connectivity index (χ0) is 20.6. The van der Waals surface area contributed by atoms with Crippen LogP contribution in [0.4, 0.5) is 0 Å². The fraction of sp³-hybridized carbons (Fsp3) is 0.400. The highest BCUT2D eigenvalue weighted by molar-refractivity contribution is 7.89. The van der Waals surface area contributed by atoms with E-state index >= 15 is 0 Å². The number of imidazole rings is 1. The van der Waals surface area contributed by atoms with Crippen LogP contribution in [0.2, 0.25) is 0 Å². The smallest absolute Gasteiger partial charge is 0.246 e. The number of piperidine rings is 1. The summed E-state index contributed by atoms with van der Waals surface area (Å²) in [6, 6.07) is 8.79. The van der Waals surface area contributed by atoms with Crippen LogP contribution in [0.15, 0.2) is 41.4 Å². The monoisotopic (exact) mass is 416 g/mol. The van der Waals surface area contributed by atoms with Crippen LogP contribution < -0.4 is 9.47 Å². The van der Waals surface area contributed by atoms with Crippen molar-refractivity contribution in [3.8, 4) is 11.5 Å². The Hall–Kier alpha value is -2.65. The summed E-state index contributed by atoms with van der Waals surface area (Å²) in [7, 11) is -0.720. The summed E-state index contributed by atoms with van der Waals surface area (Å²) < 4.78 is 40.7. The molecule has 0 bridgehead atoms. The van der Waals surface area contributed by atoms with Gasteiger partial charge in [0.2, 0.25) is 10.0 Å². The Balaban J connectivity index is 1.59. The molecule has 8 nitrogen and oxygen atoms in total. The van der Waals surface area contributed by atoms with Gasteiger partial charge >= 0.3 is 0 Å². The maximum Gasteiger partial charge on any atom is 0.246 e. The second-order valence-electron chi connectivity index (χ2n) is 7.03. The lowest BCUT2D eigenvalue weighted by Gasteiger charge is -2.32. The number of methoxy groups -OCH3 is 2. The first-order valence-electron chi connectivity index (χ1n) is 9.47. The number of aromatic nitrogens is 3. The summed E-state index contributed by atoms with van der Waals surface area (Å²) in [5.74, 6) is 1.69. The zero-order valence-electron chi connectivity index (χ0n) is 16.7. The standard InChI is InChI=1S/C20H24N4O4S/c1-14-22-17-5-4-10-21-20(17)24(14)15-8-11-23(12-9-15)29(25,26)19-13-16(27-2)6-7-18(19)28-3/h4-7,10,13,15H,8-9,11-12H2,1-3H3. The number of hydrogen-bond donors (Lipinski definition) is 0. The van der Waals surface area contributed by atoms with E-state index in [-0.39, 0.29) is 10.9 Å². The minimum Gasteiger partial charge on any atom is -0.497 e. The third-order valence-electron chi connectivity index (χ3n) is 5.40. The van der Waals surface area contributed by atoms with Crippen molar-refractivity contribution in [2.24, 2.45) is 0 Å². The second kappa shape index (κ2) is 7.64. The van der Waals surface area contributed by atoms with E-state index in [0.29, 0.717) is 37.4 Å². The predicted molar refractivity (Wildman–Crippen MR) is 109 cm³/mol. The van der Waals surface area contributed by atoms with E-state index in [0.717, 1.165) is 17.0 Å². The quantitative estimate of drug-likeness (QED) is 0.636. The van der Waals surface area contributed by atoms with Gasteiger partial charge in [-0.3, -0.25) is 0 Å². The van der Waals surface area contributed by atoms with E-state index in [1.165, 1.54) is 24.6 Å². The number of pyridine rings is 1. The molecule has 3 aromatic rings. The van der Waals surface area contributed by atoms with Gasteiger partial charge in [-0.05, 0) is 44.0 Å². The molecule has 29 heavy (non-hydrogen) atoms. The molecule has 0 saturated carbocycles. The fourth-order valence-corrected chi connectivity index (χ4v) is 5.59. The number of benzene rings is 1. The minimum absolute atomic E-state index is 0.128. The Labute approximate surface area is 170 Å². The summed E-state index contributed by atoms with van der Waals surface area (Å²) in [5.41, 5.74) is 1.71. The van der Waals surface area contributed by atoms with E-state index in [2.05, 4.69) is 14.5 Å². The molecule has 154 valence electrons. The van der Waals surface area contributed by atoms with E-state index in [9.17, 15) is 8.42 Å². The average molecular weight is 417 g/mol. The molecule has 0 unspecified atom stereocenters. The SMILES string of the molecule is COc1ccc(OC)c(S(=O)(=O)N2CCC(n3c(C)nc4cccnc43)CC2)c1. The summed E-state index contributed by atoms with van der Waals surface area (Å²) in [5, 5.41) is 0. The van der Waals surface area contributed by atoms with Gasteiger partial charge in [-0.25, -0.2) is 18.4 Å². The van der Waals surface area contributed by atoms with Gasteiger partial charge in [-0.1, -0.05) is 0 Å². The number of aryl methyl sites for hydroxylation is 1. The molecule has 0 atom stereocenters. The van der Waals surface area contributed by atoms with Gasteiger partial charge in [-0.15, -0.1) is 0 Å². The zero-order valence-corrected chi connectivity index (χ0v) is 17.5. The lowest BCUT2D eigenvalue weighted by Crippen LogP contribution is -2.39. The maximum absolute atomic E-state index is 13.3. The molecule has 0 N–H and O–H groups in total. The van der Waals surface area contributed by atoms with Crippen LogP contribution in [0.5, 0.6) is 11.5 Å². The normalized spacial score (nSPS) is 16.2. The summed E-state index contributed by atoms with van der Waals surface area (Å²) >= 11 is 0. The first kappa shape index (κ1) is 19.7. The average Bonchev–Trinajstić information content (AvgIpc) is 3.09. The molecule has 2 aromatic heterocycles. The van der Waals surface area contributed by atoms with E-state index in [1.54, 1.807) is 18.3 Å². The third kappa shape index (κ3) is 3.44. The summed E-state index contributed by atoms with van der Waals surface area (Å²) in [4.78, 5) is 9.18. The molecular weight excluding hydrogens is 392 g/mol. The molecule has 0 aliphatic carbocycles. The molecule has 0 radical (unpaired) electrons. The third-order valence-corrected chi connectivity index (χ3v) is 7.32. The molecule has 9 heteroatoms. The van der Waals surface area contributed by atoms with Gasteiger partial charge in [0.1, 0.15) is 27.7 Å². The molecule has 1 saturated heterocycles. The molecule has 1 fully saturated rings. The predicted octanol–water partition coefficient (Wildman–Crippen LogP) is 2.78. The molecule has 1 aliphatic heterocycles. The van der Waals surface area contributed by atoms with Crippen molar-refractivity contribution in [2.45, 2.75) is 30.7 Å². The Bertz CT molecular complexity index is 1130. The van der Waals surface area contributed by atoms with Gasteiger partial charge in [-0.2, -0.15) is 4.31 Å². The molecule has 0 spiro atoms. The molecule has 1 aromatic carbocycles. The van der Waals surface area contributed by atoms with Gasteiger partial charge in [0, 0.05) is 31.4 Å². The number of hydrogen-bond acceptors (Lipinski definition) is 6. The van der Waals surface area contributed by atoms with Crippen molar-refractivity contribution in [3.63, 3.8) is 0 Å². The van der Waals surface area contributed by atoms with Gasteiger partial charge in [0.15, 0.2) is 5.65 Å². The fourth-order valence-electron chi connectivity index (χ4n) is 3.95. The van der Waals surface area contributed by atoms with E-state index < -0.39 is 10.0 Å². The number of nitrogens with zero attached hydrogens (tertiary/aromatic N) is 4. The van der Waals surface area contributed by atoms with Gasteiger partial charge in [0.25, 0.3) is 0 Å². The maximum atomic E-state index is 13.3. The molecule has 0 amide bonds. The highest BCUT2D eigenvalue weighted by Crippen LogP contribution is 2.34. The number of rotatable bonds is 5. The second-order valence-corrected chi connectivity index (χ2v) is 8.93. The largest absolute Gasteiger partial charge is 0.497 e. The first-order chi connectivity index (χ1) is 14.0. The first-order valence-corrected chi connectivity index (χ1v) is 10.9. The number of sulfonamides is 1. The van der Waals surface area contributed by atoms with Crippen LogP contribution >= 0.6 is 0 Å². The van der Waals surface area contributed by atoms with Crippen molar-refractivity contribution in [3.05, 3.63) is 42.4 Å². The topological polar surface area (TPSA) is 86.5 Å².